The van der Waals surface area contributed by atoms with Gasteiger partial charge in [-0.3, -0.25) is 0 Å². The van der Waals surface area contributed by atoms with E-state index < -0.39 is 17.6 Å². The summed E-state index contributed by atoms with van der Waals surface area (Å²) in [4.78, 5) is 10.8. The first-order chi connectivity index (χ1) is 21.6. The molecule has 4 aromatic carbocycles. The van der Waals surface area contributed by atoms with Gasteiger partial charge >= 0.3 is 276 Å². The van der Waals surface area contributed by atoms with Crippen molar-refractivity contribution in [2.75, 3.05) is 26.3 Å². The molecule has 0 N–H and O–H groups in total. The molecule has 6 bridgehead atoms. The third-order valence-corrected chi connectivity index (χ3v) is 13.8. The molecule has 0 aromatic heterocycles. The van der Waals surface area contributed by atoms with Crippen LogP contribution in [0.1, 0.15) is 77.0 Å². The normalized spacial score (nSPS) is 20.5. The maximum absolute atomic E-state index is 6.68. The molecule has 1 saturated carbocycles. The molecule has 0 unspecified atom stereocenters. The summed E-state index contributed by atoms with van der Waals surface area (Å²) in [5.41, 5.74) is 9.02. The zero-order valence-electron chi connectivity index (χ0n) is 26.7. The fourth-order valence-corrected chi connectivity index (χ4v) is 12.2. The zero-order valence-corrected chi connectivity index (χ0v) is 29.0. The molecule has 0 saturated heterocycles. The molecule has 45 heavy (non-hydrogen) atoms. The summed E-state index contributed by atoms with van der Waals surface area (Å²) in [6, 6.07) is 34.1. The number of rotatable bonds is 0. The summed E-state index contributed by atoms with van der Waals surface area (Å²) >= 11 is -0.590. The summed E-state index contributed by atoms with van der Waals surface area (Å²) in [6.45, 7) is 12.6. The molecule has 4 heterocycles. The van der Waals surface area contributed by atoms with Crippen LogP contribution >= 0.6 is 0 Å². The molecule has 0 amide bonds. The molecular formula is C39H40N4OPt. The van der Waals surface area contributed by atoms with Gasteiger partial charge in [0.1, 0.15) is 0 Å². The SMILES string of the molecule is CC(C)(C)c1ccc2c(c1)N1CN3[C]4=[Pt]=[C]1N2C(C)(C)c1cccc(c1)Oc1cccc(c1)C1(CCCC1)N4c1ccccc13. The van der Waals surface area contributed by atoms with Gasteiger partial charge in [-0.2, -0.15) is 0 Å². The third kappa shape index (κ3) is 3.89. The second-order valence-electron chi connectivity index (χ2n) is 14.6. The first-order valence-corrected chi connectivity index (χ1v) is 18.5. The molecule has 0 atom stereocenters. The van der Waals surface area contributed by atoms with Crippen LogP contribution in [0.2, 0.25) is 0 Å². The predicted molar refractivity (Wildman–Crippen MR) is 183 cm³/mol. The Balaban J connectivity index is 1.39. The van der Waals surface area contributed by atoms with E-state index in [9.17, 15) is 0 Å². The molecule has 5 nitrogen and oxygen atoms in total. The standard InChI is InChI=1S/C39H40N4O.Pt/c1-37(2,3)28-18-19-35-36(24-28)41-25-40-27-43(34-17-7-6-16-33(34)40)39(20-8-9-21-39)30-13-11-15-32(23-30)44-31-14-10-12-29(22-31)38(4,5)42(35)26-41;/h6-7,10-19,22-24H,8-9,20-21,25H2,1-5H3;. The number of benzene rings is 4. The molecule has 1 spiro atoms. The van der Waals surface area contributed by atoms with Crippen molar-refractivity contribution in [1.29, 1.82) is 0 Å². The quantitative estimate of drug-likeness (QED) is 0.178. The Morgan fingerprint density at radius 3 is 2.00 bits per heavy atom. The molecule has 1 aliphatic carbocycles. The molecule has 0 radical (unpaired) electrons. The molecule has 4 aliphatic heterocycles. The Hall–Kier alpha value is -3.69. The van der Waals surface area contributed by atoms with Crippen LogP contribution in [-0.2, 0) is 34.1 Å². The first kappa shape index (κ1) is 27.6. The molecule has 5 aliphatic rings. The number of fused-ring (bicyclic) bond motifs is 12. The molecule has 1 fully saturated rings. The van der Waals surface area contributed by atoms with Crippen LogP contribution in [0.15, 0.2) is 91.0 Å². The number of hydrogen-bond acceptors (Lipinski definition) is 5. The van der Waals surface area contributed by atoms with Gasteiger partial charge in [0.15, 0.2) is 0 Å². The van der Waals surface area contributed by atoms with Crippen molar-refractivity contribution >= 4 is 31.0 Å². The van der Waals surface area contributed by atoms with Gasteiger partial charge in [0.25, 0.3) is 0 Å². The van der Waals surface area contributed by atoms with Crippen molar-refractivity contribution in [3.8, 4) is 11.5 Å². The monoisotopic (exact) mass is 775 g/mol. The number of nitrogens with zero attached hydrogens (tertiary/aromatic N) is 4. The van der Waals surface area contributed by atoms with Gasteiger partial charge in [-0.1, -0.05) is 0 Å². The van der Waals surface area contributed by atoms with Crippen LogP contribution < -0.4 is 24.3 Å². The van der Waals surface area contributed by atoms with Crippen molar-refractivity contribution in [3.05, 3.63) is 108 Å². The van der Waals surface area contributed by atoms with Gasteiger partial charge in [-0.15, -0.1) is 0 Å². The van der Waals surface area contributed by atoms with Gasteiger partial charge in [0.05, 0.1) is 0 Å². The van der Waals surface area contributed by atoms with E-state index in [-0.39, 0.29) is 16.5 Å². The van der Waals surface area contributed by atoms with Gasteiger partial charge in [-0.25, -0.2) is 0 Å². The maximum atomic E-state index is 6.68. The molecule has 232 valence electrons. The Morgan fingerprint density at radius 1 is 0.644 bits per heavy atom. The van der Waals surface area contributed by atoms with Crippen molar-refractivity contribution in [3.63, 3.8) is 0 Å². The summed E-state index contributed by atoms with van der Waals surface area (Å²) in [6.07, 6.45) is 4.76. The number of ether oxygens (including phenoxy) is 1. The van der Waals surface area contributed by atoms with E-state index in [1.807, 2.05) is 0 Å². The van der Waals surface area contributed by atoms with E-state index in [1.165, 1.54) is 60.6 Å². The Labute approximate surface area is 274 Å². The van der Waals surface area contributed by atoms with Crippen LogP contribution in [-0.4, -0.2) is 15.0 Å². The summed E-state index contributed by atoms with van der Waals surface area (Å²) in [5, 5.41) is 0. The van der Waals surface area contributed by atoms with Gasteiger partial charge in [-0.05, 0) is 0 Å². The minimum absolute atomic E-state index is 0.0704. The fraction of sp³-hybridized carbons (Fsp3) is 0.333. The van der Waals surface area contributed by atoms with Gasteiger partial charge in [0, 0.05) is 0 Å². The summed E-state index contributed by atoms with van der Waals surface area (Å²) < 4.78 is 9.65. The Morgan fingerprint density at radius 2 is 1.27 bits per heavy atom. The van der Waals surface area contributed by atoms with E-state index in [0.717, 1.165) is 31.0 Å². The van der Waals surface area contributed by atoms with Crippen molar-refractivity contribution < 1.29 is 22.4 Å². The fourth-order valence-electron chi connectivity index (χ4n) is 8.07. The Kier molecular flexibility index (Phi) is 5.78. The predicted octanol–water partition coefficient (Wildman–Crippen LogP) is 8.68. The van der Waals surface area contributed by atoms with Crippen LogP contribution in [0, 0.1) is 0 Å². The van der Waals surface area contributed by atoms with Crippen LogP contribution in [0.4, 0.5) is 22.7 Å². The van der Waals surface area contributed by atoms with Gasteiger partial charge < -0.3 is 0 Å². The van der Waals surface area contributed by atoms with Crippen molar-refractivity contribution in [1.82, 2.24) is 0 Å². The van der Waals surface area contributed by atoms with E-state index >= 15 is 0 Å². The second-order valence-corrected chi connectivity index (χ2v) is 17.2. The molecule has 6 heteroatoms. The summed E-state index contributed by atoms with van der Waals surface area (Å²) in [5.74, 6) is 1.81. The van der Waals surface area contributed by atoms with Crippen molar-refractivity contribution in [2.24, 2.45) is 0 Å². The number of para-hydroxylation sites is 2. The topological polar surface area (TPSA) is 22.2 Å². The summed E-state index contributed by atoms with van der Waals surface area (Å²) in [7, 11) is 0. The zero-order chi connectivity index (χ0) is 30.7. The first-order valence-electron chi connectivity index (χ1n) is 16.3. The van der Waals surface area contributed by atoms with Crippen LogP contribution in [0.3, 0.4) is 0 Å². The van der Waals surface area contributed by atoms with Crippen LogP contribution in [0.5, 0.6) is 11.5 Å². The van der Waals surface area contributed by atoms with E-state index in [1.54, 1.807) is 0 Å². The average molecular weight is 776 g/mol. The van der Waals surface area contributed by atoms with E-state index in [2.05, 4.69) is 145 Å². The van der Waals surface area contributed by atoms with E-state index in [0.29, 0.717) is 0 Å². The Bertz CT molecular complexity index is 1960. The van der Waals surface area contributed by atoms with E-state index in [4.69, 9.17) is 4.74 Å². The number of anilines is 4. The second kappa shape index (κ2) is 9.42. The minimum atomic E-state index is -0.590. The van der Waals surface area contributed by atoms with Gasteiger partial charge in [0.2, 0.25) is 0 Å². The van der Waals surface area contributed by atoms with Crippen molar-refractivity contribution in [2.45, 2.75) is 76.8 Å². The molecule has 4 aromatic rings. The average Bonchev–Trinajstić information content (AvgIpc) is 3.72. The number of hydrogen-bond donors (Lipinski definition) is 0. The third-order valence-electron chi connectivity index (χ3n) is 10.5. The molecular weight excluding hydrogens is 736 g/mol. The molecule has 9 rings (SSSR count). The van der Waals surface area contributed by atoms with Crippen LogP contribution in [0.25, 0.3) is 0 Å².